The van der Waals surface area contributed by atoms with Gasteiger partial charge in [0.25, 0.3) is 0 Å². The van der Waals surface area contributed by atoms with E-state index in [9.17, 15) is 13.2 Å². The van der Waals surface area contributed by atoms with Gasteiger partial charge in [0.2, 0.25) is 5.91 Å². The highest BCUT2D eigenvalue weighted by atomic mass is 32.2. The summed E-state index contributed by atoms with van der Waals surface area (Å²) in [5, 5.41) is 2.54. The molecule has 0 atom stereocenters. The molecule has 0 aliphatic carbocycles. The molecule has 0 fully saturated rings. The van der Waals surface area contributed by atoms with Gasteiger partial charge in [0.05, 0.1) is 11.5 Å². The van der Waals surface area contributed by atoms with Crippen molar-refractivity contribution in [2.75, 3.05) is 31.3 Å². The molecule has 3 N–H and O–H groups in total. The third-order valence-electron chi connectivity index (χ3n) is 2.04. The maximum atomic E-state index is 11.4. The lowest BCUT2D eigenvalue weighted by Crippen LogP contribution is -2.20. The summed E-state index contributed by atoms with van der Waals surface area (Å²) in [5.74, 6) is -0.353. The molecule has 0 heterocycles. The minimum Gasteiger partial charge on any atom is -0.370 e. The van der Waals surface area contributed by atoms with E-state index in [1.54, 1.807) is 12.1 Å². The molecule has 0 aliphatic rings. The summed E-state index contributed by atoms with van der Waals surface area (Å²) in [5.41, 5.74) is 5.63. The van der Waals surface area contributed by atoms with Crippen LogP contribution in [-0.2, 0) is 19.4 Å². The van der Waals surface area contributed by atoms with Crippen LogP contribution in [0.15, 0.2) is 29.2 Å². The molecule has 0 spiro atoms. The number of carbonyl (C=O) groups excluding carboxylic acids is 1. The minimum atomic E-state index is -3.28. The molecule has 0 unspecified atom stereocenters. The second-order valence-corrected chi connectivity index (χ2v) is 5.71. The van der Waals surface area contributed by atoms with Crippen LogP contribution in [0.2, 0.25) is 0 Å². The molecule has 18 heavy (non-hydrogen) atoms. The van der Waals surface area contributed by atoms with Gasteiger partial charge in [-0.15, -0.1) is 0 Å². The molecule has 0 saturated heterocycles. The predicted molar refractivity (Wildman–Crippen MR) is 68.1 cm³/mol. The SMILES string of the molecule is CS(=O)(=O)c1cccc(NC(=O)COCCN)c1. The van der Waals surface area contributed by atoms with Gasteiger partial charge in [0, 0.05) is 18.5 Å². The van der Waals surface area contributed by atoms with E-state index < -0.39 is 9.84 Å². The molecule has 0 saturated carbocycles. The van der Waals surface area contributed by atoms with Crippen molar-refractivity contribution in [3.8, 4) is 0 Å². The maximum Gasteiger partial charge on any atom is 0.250 e. The number of anilines is 1. The predicted octanol–water partition coefficient (Wildman–Crippen LogP) is 0.00390. The van der Waals surface area contributed by atoms with Gasteiger partial charge in [-0.3, -0.25) is 4.79 Å². The number of hydrogen-bond acceptors (Lipinski definition) is 5. The standard InChI is InChI=1S/C11H16N2O4S/c1-18(15,16)10-4-2-3-9(7-10)13-11(14)8-17-6-5-12/h2-4,7H,5-6,8,12H2,1H3,(H,13,14). The van der Waals surface area contributed by atoms with Crippen molar-refractivity contribution in [1.82, 2.24) is 0 Å². The Morgan fingerprint density at radius 1 is 1.44 bits per heavy atom. The van der Waals surface area contributed by atoms with E-state index in [0.29, 0.717) is 18.8 Å². The Morgan fingerprint density at radius 2 is 2.17 bits per heavy atom. The van der Waals surface area contributed by atoms with E-state index >= 15 is 0 Å². The van der Waals surface area contributed by atoms with E-state index in [1.165, 1.54) is 12.1 Å². The first-order chi connectivity index (χ1) is 8.43. The van der Waals surface area contributed by atoms with E-state index in [1.807, 2.05) is 0 Å². The van der Waals surface area contributed by atoms with Crippen LogP contribution in [-0.4, -0.2) is 40.3 Å². The van der Waals surface area contributed by atoms with Gasteiger partial charge in [-0.25, -0.2) is 8.42 Å². The molecule has 1 rings (SSSR count). The monoisotopic (exact) mass is 272 g/mol. The van der Waals surface area contributed by atoms with Crippen LogP contribution in [0.25, 0.3) is 0 Å². The number of carbonyl (C=O) groups is 1. The van der Waals surface area contributed by atoms with Crippen LogP contribution < -0.4 is 11.1 Å². The highest BCUT2D eigenvalue weighted by Crippen LogP contribution is 2.15. The Bertz CT molecular complexity index is 514. The molecule has 0 aromatic heterocycles. The summed E-state index contributed by atoms with van der Waals surface area (Å²) in [6.07, 6.45) is 1.11. The Labute approximate surface area is 106 Å². The normalized spacial score (nSPS) is 11.2. The zero-order valence-electron chi connectivity index (χ0n) is 10.0. The highest BCUT2D eigenvalue weighted by molar-refractivity contribution is 7.90. The van der Waals surface area contributed by atoms with Gasteiger partial charge in [0.1, 0.15) is 6.61 Å². The average Bonchev–Trinajstić information content (AvgIpc) is 2.28. The molecule has 1 amide bonds. The molecule has 1 aromatic rings. The summed E-state index contributed by atoms with van der Waals surface area (Å²) >= 11 is 0. The number of benzene rings is 1. The van der Waals surface area contributed by atoms with Crippen LogP contribution in [0.4, 0.5) is 5.69 Å². The summed E-state index contributed by atoms with van der Waals surface area (Å²) in [6, 6.07) is 6.04. The Balaban J connectivity index is 2.65. The lowest BCUT2D eigenvalue weighted by Gasteiger charge is -2.07. The first-order valence-corrected chi connectivity index (χ1v) is 7.20. The Kier molecular flexibility index (Phi) is 5.26. The van der Waals surface area contributed by atoms with E-state index in [0.717, 1.165) is 6.26 Å². The van der Waals surface area contributed by atoms with E-state index in [-0.39, 0.29) is 17.4 Å². The van der Waals surface area contributed by atoms with E-state index in [4.69, 9.17) is 10.5 Å². The lowest BCUT2D eigenvalue weighted by atomic mass is 10.3. The summed E-state index contributed by atoms with van der Waals surface area (Å²) in [6.45, 7) is 0.536. The van der Waals surface area contributed by atoms with Gasteiger partial charge in [-0.2, -0.15) is 0 Å². The van der Waals surface area contributed by atoms with Gasteiger partial charge >= 0.3 is 0 Å². The molecule has 6 nitrogen and oxygen atoms in total. The highest BCUT2D eigenvalue weighted by Gasteiger charge is 2.08. The lowest BCUT2D eigenvalue weighted by molar-refractivity contribution is -0.120. The van der Waals surface area contributed by atoms with Gasteiger partial charge in [-0.05, 0) is 18.2 Å². The van der Waals surface area contributed by atoms with Gasteiger partial charge in [0.15, 0.2) is 9.84 Å². The van der Waals surface area contributed by atoms with Gasteiger partial charge < -0.3 is 15.8 Å². The Hall–Kier alpha value is -1.44. The molecule has 100 valence electrons. The van der Waals surface area contributed by atoms with Crippen molar-refractivity contribution < 1.29 is 17.9 Å². The number of nitrogens with one attached hydrogen (secondary N) is 1. The van der Waals surface area contributed by atoms with Crippen LogP contribution in [0.1, 0.15) is 0 Å². The van der Waals surface area contributed by atoms with Crippen molar-refractivity contribution in [2.24, 2.45) is 5.73 Å². The first kappa shape index (κ1) is 14.6. The number of hydrogen-bond donors (Lipinski definition) is 2. The topological polar surface area (TPSA) is 98.5 Å². The number of rotatable bonds is 6. The molecule has 0 aliphatic heterocycles. The second kappa shape index (κ2) is 6.48. The third kappa shape index (κ3) is 4.82. The van der Waals surface area contributed by atoms with Crippen LogP contribution in [0.5, 0.6) is 0 Å². The first-order valence-electron chi connectivity index (χ1n) is 5.31. The number of amides is 1. The van der Waals surface area contributed by atoms with Crippen LogP contribution >= 0.6 is 0 Å². The smallest absolute Gasteiger partial charge is 0.250 e. The largest absolute Gasteiger partial charge is 0.370 e. The number of nitrogens with two attached hydrogens (primary N) is 1. The molecule has 7 heteroatoms. The second-order valence-electron chi connectivity index (χ2n) is 3.69. The molecule has 0 radical (unpaired) electrons. The zero-order chi connectivity index (χ0) is 13.6. The maximum absolute atomic E-state index is 11.4. The fourth-order valence-corrected chi connectivity index (χ4v) is 1.92. The van der Waals surface area contributed by atoms with Crippen molar-refractivity contribution in [3.05, 3.63) is 24.3 Å². The third-order valence-corrected chi connectivity index (χ3v) is 3.15. The van der Waals surface area contributed by atoms with Crippen molar-refractivity contribution >= 4 is 21.4 Å². The van der Waals surface area contributed by atoms with Crippen LogP contribution in [0, 0.1) is 0 Å². The fourth-order valence-electron chi connectivity index (χ4n) is 1.25. The number of sulfone groups is 1. The Morgan fingerprint density at radius 3 is 2.78 bits per heavy atom. The molecule has 1 aromatic carbocycles. The molecular weight excluding hydrogens is 256 g/mol. The summed E-state index contributed by atoms with van der Waals surface area (Å²) < 4.78 is 27.6. The van der Waals surface area contributed by atoms with E-state index in [2.05, 4.69) is 5.32 Å². The minimum absolute atomic E-state index is 0.111. The van der Waals surface area contributed by atoms with Gasteiger partial charge in [-0.1, -0.05) is 6.07 Å². The quantitative estimate of drug-likeness (QED) is 0.710. The molecular formula is C11H16N2O4S. The number of ether oxygens (including phenoxy) is 1. The summed E-state index contributed by atoms with van der Waals surface area (Å²) in [7, 11) is -3.28. The summed E-state index contributed by atoms with van der Waals surface area (Å²) in [4.78, 5) is 11.6. The van der Waals surface area contributed by atoms with Crippen molar-refractivity contribution in [2.45, 2.75) is 4.90 Å². The van der Waals surface area contributed by atoms with Crippen molar-refractivity contribution in [1.29, 1.82) is 0 Å². The zero-order valence-corrected chi connectivity index (χ0v) is 10.9. The average molecular weight is 272 g/mol. The van der Waals surface area contributed by atoms with Crippen molar-refractivity contribution in [3.63, 3.8) is 0 Å². The molecule has 0 bridgehead atoms. The van der Waals surface area contributed by atoms with Crippen LogP contribution in [0.3, 0.4) is 0 Å². The fraction of sp³-hybridized carbons (Fsp3) is 0.364.